The molecule has 0 saturated heterocycles. The topological polar surface area (TPSA) is 49.3 Å². The van der Waals surface area contributed by atoms with Gasteiger partial charge < -0.3 is 10.4 Å². The van der Waals surface area contributed by atoms with Gasteiger partial charge in [0.25, 0.3) is 0 Å². The van der Waals surface area contributed by atoms with Gasteiger partial charge in [-0.1, -0.05) is 41.4 Å². The summed E-state index contributed by atoms with van der Waals surface area (Å²) in [5.74, 6) is -1.82. The van der Waals surface area contributed by atoms with Crippen LogP contribution in [0, 0.1) is 5.82 Å². The number of nitrogens with one attached hydrogen (secondary N) is 1. The van der Waals surface area contributed by atoms with Crippen molar-refractivity contribution in [2.45, 2.75) is 18.4 Å². The van der Waals surface area contributed by atoms with Gasteiger partial charge in [0.2, 0.25) is 0 Å². The monoisotopic (exact) mass is 339 g/mol. The van der Waals surface area contributed by atoms with Crippen molar-refractivity contribution >= 4 is 34.9 Å². The van der Waals surface area contributed by atoms with E-state index in [4.69, 9.17) is 23.2 Å². The van der Waals surface area contributed by atoms with Crippen molar-refractivity contribution in [2.24, 2.45) is 0 Å². The number of halogens is 3. The number of carboxylic acids is 1. The molecule has 2 unspecified atom stereocenters. The summed E-state index contributed by atoms with van der Waals surface area (Å²) in [6, 6.07) is 8.70. The molecule has 2 N–H and O–H groups in total. The number of carbonyl (C=O) groups is 1. The number of benzene rings is 2. The molecule has 2 aromatic carbocycles. The second kappa shape index (κ2) is 5.78. The fraction of sp³-hybridized carbons (Fsp3) is 0.188. The molecule has 0 aliphatic carbocycles. The fourth-order valence-corrected chi connectivity index (χ4v) is 3.49. The van der Waals surface area contributed by atoms with Crippen LogP contribution in [0.25, 0.3) is 0 Å². The van der Waals surface area contributed by atoms with Crippen LogP contribution in [0.4, 0.5) is 10.1 Å². The number of anilines is 1. The molecule has 3 nitrogen and oxygen atoms in total. The zero-order valence-corrected chi connectivity index (χ0v) is 12.8. The highest BCUT2D eigenvalue weighted by molar-refractivity contribution is 6.35. The summed E-state index contributed by atoms with van der Waals surface area (Å²) in [6.45, 7) is 0. The number of hydrogen-bond donors (Lipinski definition) is 2. The number of fused-ring (bicyclic) bond motifs is 1. The lowest BCUT2D eigenvalue weighted by Gasteiger charge is -2.32. The minimum absolute atomic E-state index is 0.213. The largest absolute Gasteiger partial charge is 0.480 e. The second-order valence-electron chi connectivity index (χ2n) is 5.19. The molecule has 2 aromatic rings. The van der Waals surface area contributed by atoms with Crippen LogP contribution in [-0.4, -0.2) is 17.1 Å². The Morgan fingerprint density at radius 2 is 2.00 bits per heavy atom. The van der Waals surface area contributed by atoms with E-state index in [0.29, 0.717) is 26.9 Å². The van der Waals surface area contributed by atoms with Crippen LogP contribution in [-0.2, 0) is 4.79 Å². The first-order valence-corrected chi connectivity index (χ1v) is 7.45. The summed E-state index contributed by atoms with van der Waals surface area (Å²) in [5, 5.41) is 13.0. The molecular weight excluding hydrogens is 328 g/mol. The lowest BCUT2D eigenvalue weighted by molar-refractivity contribution is -0.138. The smallest absolute Gasteiger partial charge is 0.326 e. The van der Waals surface area contributed by atoms with E-state index in [2.05, 4.69) is 5.32 Å². The summed E-state index contributed by atoms with van der Waals surface area (Å²) >= 11 is 12.3. The average molecular weight is 340 g/mol. The van der Waals surface area contributed by atoms with Gasteiger partial charge in [-0.15, -0.1) is 0 Å². The second-order valence-corrected chi connectivity index (χ2v) is 6.04. The van der Waals surface area contributed by atoms with Crippen molar-refractivity contribution in [1.82, 2.24) is 0 Å². The molecule has 0 saturated carbocycles. The molecular formula is C16H12Cl2FNO2. The van der Waals surface area contributed by atoms with Crippen molar-refractivity contribution in [2.75, 3.05) is 5.32 Å². The first kappa shape index (κ1) is 15.1. The maximum Gasteiger partial charge on any atom is 0.326 e. The Labute approximate surface area is 136 Å². The molecule has 2 atom stereocenters. The molecule has 114 valence electrons. The van der Waals surface area contributed by atoms with E-state index in [-0.39, 0.29) is 12.2 Å². The van der Waals surface area contributed by atoms with Gasteiger partial charge >= 0.3 is 5.97 Å². The fourth-order valence-electron chi connectivity index (χ4n) is 2.86. The van der Waals surface area contributed by atoms with Crippen LogP contribution in [0.5, 0.6) is 0 Å². The summed E-state index contributed by atoms with van der Waals surface area (Å²) in [7, 11) is 0. The lowest BCUT2D eigenvalue weighted by atomic mass is 9.81. The van der Waals surface area contributed by atoms with Crippen molar-refractivity contribution in [3.63, 3.8) is 0 Å². The van der Waals surface area contributed by atoms with Crippen LogP contribution in [0.15, 0.2) is 36.4 Å². The molecule has 0 radical (unpaired) electrons. The molecule has 1 aliphatic rings. The number of rotatable bonds is 2. The molecule has 0 aromatic heterocycles. The van der Waals surface area contributed by atoms with Crippen LogP contribution >= 0.6 is 23.2 Å². The number of carboxylic acid groups (broad SMARTS) is 1. The minimum Gasteiger partial charge on any atom is -0.480 e. The Morgan fingerprint density at radius 1 is 1.27 bits per heavy atom. The van der Waals surface area contributed by atoms with Gasteiger partial charge in [-0.05, 0) is 30.2 Å². The summed E-state index contributed by atoms with van der Waals surface area (Å²) in [6.07, 6.45) is 0.213. The Balaban J connectivity index is 2.18. The lowest BCUT2D eigenvalue weighted by Crippen LogP contribution is -2.35. The van der Waals surface area contributed by atoms with E-state index in [1.54, 1.807) is 30.3 Å². The van der Waals surface area contributed by atoms with E-state index >= 15 is 0 Å². The summed E-state index contributed by atoms with van der Waals surface area (Å²) in [4.78, 5) is 11.4. The van der Waals surface area contributed by atoms with Gasteiger partial charge in [0.05, 0.1) is 0 Å². The first-order chi connectivity index (χ1) is 10.5. The Kier molecular flexibility index (Phi) is 3.98. The Hall–Kier alpha value is -1.78. The first-order valence-electron chi connectivity index (χ1n) is 6.70. The third-order valence-electron chi connectivity index (χ3n) is 3.82. The molecule has 0 fully saturated rings. The number of hydrogen-bond acceptors (Lipinski definition) is 2. The van der Waals surface area contributed by atoms with Crippen LogP contribution in [0.2, 0.25) is 10.0 Å². The maximum absolute atomic E-state index is 14.2. The van der Waals surface area contributed by atoms with E-state index in [0.717, 1.165) is 0 Å². The molecule has 1 aliphatic heterocycles. The van der Waals surface area contributed by atoms with Crippen molar-refractivity contribution < 1.29 is 14.3 Å². The van der Waals surface area contributed by atoms with Gasteiger partial charge in [0.1, 0.15) is 11.9 Å². The third kappa shape index (κ3) is 2.64. The minimum atomic E-state index is -0.997. The van der Waals surface area contributed by atoms with Crippen LogP contribution in [0.3, 0.4) is 0 Å². The zero-order valence-electron chi connectivity index (χ0n) is 11.3. The molecule has 0 spiro atoms. The number of aliphatic carboxylic acids is 1. The van der Waals surface area contributed by atoms with Crippen molar-refractivity contribution in [3.8, 4) is 0 Å². The van der Waals surface area contributed by atoms with Crippen LogP contribution in [0.1, 0.15) is 23.5 Å². The highest BCUT2D eigenvalue weighted by atomic mass is 35.5. The molecule has 0 bridgehead atoms. The Morgan fingerprint density at radius 3 is 2.68 bits per heavy atom. The normalized spacial score (nSPS) is 20.1. The van der Waals surface area contributed by atoms with Gasteiger partial charge in [0, 0.05) is 27.2 Å². The highest BCUT2D eigenvalue weighted by Gasteiger charge is 2.34. The summed E-state index contributed by atoms with van der Waals surface area (Å²) in [5.41, 5.74) is 1.64. The van der Waals surface area contributed by atoms with Crippen molar-refractivity contribution in [1.29, 1.82) is 0 Å². The molecule has 6 heteroatoms. The Bertz CT molecular complexity index is 751. The van der Waals surface area contributed by atoms with Crippen molar-refractivity contribution in [3.05, 3.63) is 63.4 Å². The van der Waals surface area contributed by atoms with Gasteiger partial charge in [0.15, 0.2) is 0 Å². The van der Waals surface area contributed by atoms with Gasteiger partial charge in [-0.2, -0.15) is 0 Å². The maximum atomic E-state index is 14.2. The molecule has 3 rings (SSSR count). The average Bonchev–Trinajstić information content (AvgIpc) is 2.46. The van der Waals surface area contributed by atoms with Gasteiger partial charge in [-0.3, -0.25) is 0 Å². The standard InChI is InChI=1S/C16H12Cl2FNO2/c17-8-5-11(18)15-10(9-3-1-2-4-12(9)19)7-14(16(21)22)20-13(15)6-8/h1-6,10,14,20H,7H2,(H,21,22). The molecule has 1 heterocycles. The van der Waals surface area contributed by atoms with E-state index in [1.807, 2.05) is 0 Å². The van der Waals surface area contributed by atoms with Crippen LogP contribution < -0.4 is 5.32 Å². The predicted molar refractivity (Wildman–Crippen MR) is 84.4 cm³/mol. The van der Waals surface area contributed by atoms with Gasteiger partial charge in [-0.25, -0.2) is 9.18 Å². The zero-order chi connectivity index (χ0) is 15.9. The SMILES string of the molecule is O=C(O)C1CC(c2ccccc2F)c2c(Cl)cc(Cl)cc2N1. The van der Waals surface area contributed by atoms with E-state index < -0.39 is 17.9 Å². The van der Waals surface area contributed by atoms with E-state index in [1.165, 1.54) is 6.07 Å². The molecule has 22 heavy (non-hydrogen) atoms. The van der Waals surface area contributed by atoms with E-state index in [9.17, 15) is 14.3 Å². The molecule has 0 amide bonds. The highest BCUT2D eigenvalue weighted by Crippen LogP contribution is 2.44. The summed E-state index contributed by atoms with van der Waals surface area (Å²) < 4.78 is 14.2. The predicted octanol–water partition coefficient (Wildman–Crippen LogP) is 4.53. The third-order valence-corrected chi connectivity index (χ3v) is 4.35. The quantitative estimate of drug-likeness (QED) is 0.844.